The molecule has 0 spiro atoms. The molecule has 2 aliphatic heterocycles. The molecule has 1 atom stereocenters. The van der Waals surface area contributed by atoms with Crippen LogP contribution in [0.1, 0.15) is 38.7 Å². The fraction of sp³-hybridized carbons (Fsp3) is 0.526. The number of benzene rings is 1. The molecule has 28 heavy (non-hydrogen) atoms. The van der Waals surface area contributed by atoms with E-state index in [1.54, 1.807) is 26.0 Å². The average molecular weight is 407 g/mol. The summed E-state index contributed by atoms with van der Waals surface area (Å²) >= 11 is 0. The largest absolute Gasteiger partial charge is 0.464 e. The number of ether oxygens (including phenoxy) is 1. The number of carbonyl (C=O) groups is 2. The zero-order valence-corrected chi connectivity index (χ0v) is 17.2. The fourth-order valence-corrected chi connectivity index (χ4v) is 4.91. The molecule has 1 aromatic rings. The topological polar surface area (TPSA) is 96.3 Å². The van der Waals surface area contributed by atoms with E-state index >= 15 is 0 Å². The Balaban J connectivity index is 2.15. The number of hydrogen-bond acceptors (Lipinski definition) is 7. The van der Waals surface area contributed by atoms with E-state index in [1.165, 1.54) is 16.0 Å². The predicted molar refractivity (Wildman–Crippen MR) is 105 cm³/mol. The lowest BCUT2D eigenvalue weighted by Crippen LogP contribution is -2.47. The molecule has 0 unspecified atom stereocenters. The highest BCUT2D eigenvalue weighted by atomic mass is 32.2. The molecule has 3 rings (SSSR count). The average Bonchev–Trinajstić information content (AvgIpc) is 3.18. The van der Waals surface area contributed by atoms with Gasteiger partial charge in [0.25, 0.3) is 5.91 Å². The van der Waals surface area contributed by atoms with Crippen LogP contribution in [0.5, 0.6) is 0 Å². The number of nitrogens with zero attached hydrogens (tertiary/aromatic N) is 3. The SMILES string of the molecule is CCOC(=O)[C@@H](CC)N1N=C(C(=O)N2CCCC2)S(=O)(=O)c2ccc(C)cc21. The Labute approximate surface area is 165 Å². The number of sulfone groups is 1. The molecule has 1 fully saturated rings. The highest BCUT2D eigenvalue weighted by Crippen LogP contribution is 2.35. The van der Waals surface area contributed by atoms with Crippen molar-refractivity contribution in [3.8, 4) is 0 Å². The minimum absolute atomic E-state index is 0.0154. The molecular formula is C19H25N3O5S. The number of esters is 1. The molecule has 8 nitrogen and oxygen atoms in total. The van der Waals surface area contributed by atoms with Crippen LogP contribution in [0.4, 0.5) is 5.69 Å². The second-order valence-electron chi connectivity index (χ2n) is 6.90. The van der Waals surface area contributed by atoms with E-state index in [0.29, 0.717) is 19.5 Å². The van der Waals surface area contributed by atoms with Crippen LogP contribution in [0.3, 0.4) is 0 Å². The molecule has 2 heterocycles. The molecule has 0 N–H and O–H groups in total. The zero-order valence-electron chi connectivity index (χ0n) is 16.3. The molecule has 0 radical (unpaired) electrons. The van der Waals surface area contributed by atoms with E-state index in [2.05, 4.69) is 5.10 Å². The van der Waals surface area contributed by atoms with Crippen LogP contribution in [-0.4, -0.2) is 56.0 Å². The van der Waals surface area contributed by atoms with Gasteiger partial charge in [0.15, 0.2) is 0 Å². The second-order valence-corrected chi connectivity index (χ2v) is 8.73. The number of hydrogen-bond donors (Lipinski definition) is 0. The van der Waals surface area contributed by atoms with Gasteiger partial charge in [0, 0.05) is 13.1 Å². The van der Waals surface area contributed by atoms with Gasteiger partial charge < -0.3 is 9.64 Å². The van der Waals surface area contributed by atoms with E-state index < -0.39 is 32.8 Å². The summed E-state index contributed by atoms with van der Waals surface area (Å²) in [5.74, 6) is -1.12. The van der Waals surface area contributed by atoms with Crippen molar-refractivity contribution >= 4 is 32.4 Å². The van der Waals surface area contributed by atoms with E-state index in [1.807, 2.05) is 6.92 Å². The van der Waals surface area contributed by atoms with Gasteiger partial charge in [-0.25, -0.2) is 18.2 Å². The first-order valence-corrected chi connectivity index (χ1v) is 11.0. The van der Waals surface area contributed by atoms with Crippen molar-refractivity contribution in [2.75, 3.05) is 24.7 Å². The van der Waals surface area contributed by atoms with E-state index in [0.717, 1.165) is 18.4 Å². The van der Waals surface area contributed by atoms with Gasteiger partial charge in [0.05, 0.1) is 17.2 Å². The summed E-state index contributed by atoms with van der Waals surface area (Å²) in [5.41, 5.74) is 1.11. The Morgan fingerprint density at radius 2 is 1.89 bits per heavy atom. The van der Waals surface area contributed by atoms with E-state index in [9.17, 15) is 18.0 Å². The van der Waals surface area contributed by atoms with Gasteiger partial charge in [0.1, 0.15) is 6.04 Å². The third-order valence-corrected chi connectivity index (χ3v) is 6.61. The maximum atomic E-state index is 13.1. The molecule has 152 valence electrons. The van der Waals surface area contributed by atoms with Crippen molar-refractivity contribution in [2.45, 2.75) is 51.0 Å². The van der Waals surface area contributed by atoms with Gasteiger partial charge in [0.2, 0.25) is 14.9 Å². The highest BCUT2D eigenvalue weighted by Gasteiger charge is 2.42. The predicted octanol–water partition coefficient (Wildman–Crippen LogP) is 1.87. The van der Waals surface area contributed by atoms with Gasteiger partial charge in [-0.05, 0) is 50.8 Å². The van der Waals surface area contributed by atoms with E-state index in [-0.39, 0.29) is 17.2 Å². The number of aryl methyl sites for hydroxylation is 1. The van der Waals surface area contributed by atoms with Gasteiger partial charge in [-0.1, -0.05) is 13.0 Å². The van der Waals surface area contributed by atoms with Crippen molar-refractivity contribution in [3.05, 3.63) is 23.8 Å². The summed E-state index contributed by atoms with van der Waals surface area (Å²) in [6.07, 6.45) is 2.01. The summed E-state index contributed by atoms with van der Waals surface area (Å²) in [5, 5.41) is 5.01. The van der Waals surface area contributed by atoms with Crippen molar-refractivity contribution in [2.24, 2.45) is 5.10 Å². The maximum absolute atomic E-state index is 13.1. The molecule has 0 saturated carbocycles. The summed E-state index contributed by atoms with van der Waals surface area (Å²) in [6, 6.07) is 3.98. The van der Waals surface area contributed by atoms with Gasteiger partial charge in [-0.3, -0.25) is 4.79 Å². The van der Waals surface area contributed by atoms with Crippen molar-refractivity contribution in [1.29, 1.82) is 0 Å². The van der Waals surface area contributed by atoms with Crippen molar-refractivity contribution in [3.63, 3.8) is 0 Å². The standard InChI is InChI=1S/C19H25N3O5S/c1-4-14(19(24)27-5-2)22-15-12-13(3)8-9-16(15)28(25,26)17(20-22)18(23)21-10-6-7-11-21/h8-9,12,14H,4-7,10-11H2,1-3H3/t14-/m1/s1. The minimum Gasteiger partial charge on any atom is -0.464 e. The van der Waals surface area contributed by atoms with Crippen molar-refractivity contribution in [1.82, 2.24) is 4.90 Å². The third-order valence-electron chi connectivity index (χ3n) is 4.92. The van der Waals surface area contributed by atoms with Crippen LogP contribution in [-0.2, 0) is 24.2 Å². The zero-order chi connectivity index (χ0) is 20.5. The molecule has 2 aliphatic rings. The van der Waals surface area contributed by atoms with Crippen LogP contribution >= 0.6 is 0 Å². The monoisotopic (exact) mass is 407 g/mol. The lowest BCUT2D eigenvalue weighted by atomic mass is 10.1. The Bertz CT molecular complexity index is 919. The molecule has 0 aromatic heterocycles. The highest BCUT2D eigenvalue weighted by molar-refractivity contribution is 8.08. The number of amides is 1. The number of carbonyl (C=O) groups excluding carboxylic acids is 2. The first-order chi connectivity index (χ1) is 13.3. The van der Waals surface area contributed by atoms with Crippen LogP contribution in [0, 0.1) is 6.92 Å². The minimum atomic E-state index is -4.08. The molecule has 0 aliphatic carbocycles. The van der Waals surface area contributed by atoms with Crippen LogP contribution in [0.15, 0.2) is 28.2 Å². The molecule has 0 bridgehead atoms. The number of anilines is 1. The Hall–Kier alpha value is -2.42. The summed E-state index contributed by atoms with van der Waals surface area (Å²) in [7, 11) is -4.08. The van der Waals surface area contributed by atoms with Crippen LogP contribution < -0.4 is 5.01 Å². The molecule has 1 saturated heterocycles. The smallest absolute Gasteiger partial charge is 0.330 e. The van der Waals surface area contributed by atoms with Gasteiger partial charge >= 0.3 is 5.97 Å². The molecule has 9 heteroatoms. The lowest BCUT2D eigenvalue weighted by molar-refractivity contribution is -0.144. The van der Waals surface area contributed by atoms with Crippen LogP contribution in [0.2, 0.25) is 0 Å². The van der Waals surface area contributed by atoms with Crippen molar-refractivity contribution < 1.29 is 22.7 Å². The first-order valence-electron chi connectivity index (χ1n) is 9.50. The fourth-order valence-electron chi connectivity index (χ4n) is 3.47. The Kier molecular flexibility index (Phi) is 5.74. The Morgan fingerprint density at radius 1 is 1.21 bits per heavy atom. The number of fused-ring (bicyclic) bond motifs is 1. The first kappa shape index (κ1) is 20.3. The normalized spacial score (nSPS) is 19.0. The molecule has 1 aromatic carbocycles. The Morgan fingerprint density at radius 3 is 2.50 bits per heavy atom. The van der Waals surface area contributed by atoms with Crippen LogP contribution in [0.25, 0.3) is 0 Å². The third kappa shape index (κ3) is 3.50. The summed E-state index contributed by atoms with van der Waals surface area (Å²) in [6.45, 7) is 6.52. The second kappa shape index (κ2) is 7.90. The van der Waals surface area contributed by atoms with Gasteiger partial charge in [-0.15, -0.1) is 0 Å². The lowest BCUT2D eigenvalue weighted by Gasteiger charge is -2.32. The molecule has 1 amide bonds. The summed E-state index contributed by atoms with van der Waals surface area (Å²) in [4.78, 5) is 26.9. The number of hydrazone groups is 1. The maximum Gasteiger partial charge on any atom is 0.330 e. The van der Waals surface area contributed by atoms with Gasteiger partial charge in [-0.2, -0.15) is 5.10 Å². The molecular weight excluding hydrogens is 382 g/mol. The van der Waals surface area contributed by atoms with E-state index in [4.69, 9.17) is 4.74 Å². The quantitative estimate of drug-likeness (QED) is 0.692. The number of likely N-dealkylation sites (tertiary alicyclic amines) is 1. The summed E-state index contributed by atoms with van der Waals surface area (Å²) < 4.78 is 31.4. The number of rotatable bonds is 5.